The van der Waals surface area contributed by atoms with Crippen LogP contribution in [-0.2, 0) is 11.2 Å². The summed E-state index contributed by atoms with van der Waals surface area (Å²) in [5.74, 6) is -1.58. The number of hydrogen-bond acceptors (Lipinski definition) is 1. The number of carboxylic acids is 1. The van der Waals surface area contributed by atoms with Crippen molar-refractivity contribution in [3.63, 3.8) is 0 Å². The highest BCUT2D eigenvalue weighted by Gasteiger charge is 2.20. The smallest absolute Gasteiger partial charge is 0.306 e. The van der Waals surface area contributed by atoms with Gasteiger partial charge in [0.15, 0.2) is 0 Å². The van der Waals surface area contributed by atoms with Gasteiger partial charge in [0.25, 0.3) is 0 Å². The van der Waals surface area contributed by atoms with Crippen LogP contribution in [-0.4, -0.2) is 11.1 Å². The van der Waals surface area contributed by atoms with Crippen LogP contribution in [0.4, 0.5) is 4.39 Å². The molecule has 0 amide bonds. The molecule has 1 aromatic carbocycles. The van der Waals surface area contributed by atoms with E-state index in [4.69, 9.17) is 5.11 Å². The summed E-state index contributed by atoms with van der Waals surface area (Å²) in [5, 5.41) is 8.87. The van der Waals surface area contributed by atoms with Crippen molar-refractivity contribution in [3.8, 4) is 0 Å². The first-order valence-corrected chi connectivity index (χ1v) is 5.88. The molecule has 4 heteroatoms. The standard InChI is InChI=1S/C12H14BrFO2/c1-7(8(2)12(15)16)5-9-6-10(14)3-4-11(9)13/h3-4,6-8H,5H2,1-2H3,(H,15,16). The van der Waals surface area contributed by atoms with Gasteiger partial charge in [-0.3, -0.25) is 4.79 Å². The van der Waals surface area contributed by atoms with Gasteiger partial charge < -0.3 is 5.11 Å². The Hall–Kier alpha value is -0.900. The molecule has 0 heterocycles. The summed E-state index contributed by atoms with van der Waals surface area (Å²) < 4.78 is 13.8. The Morgan fingerprint density at radius 3 is 2.69 bits per heavy atom. The van der Waals surface area contributed by atoms with E-state index in [0.717, 1.165) is 10.0 Å². The first kappa shape index (κ1) is 13.2. The highest BCUT2D eigenvalue weighted by molar-refractivity contribution is 9.10. The topological polar surface area (TPSA) is 37.3 Å². The van der Waals surface area contributed by atoms with Crippen LogP contribution in [0.25, 0.3) is 0 Å². The minimum absolute atomic E-state index is 0.0319. The van der Waals surface area contributed by atoms with Crippen molar-refractivity contribution in [1.82, 2.24) is 0 Å². The molecule has 0 aliphatic heterocycles. The maximum Gasteiger partial charge on any atom is 0.306 e. The number of halogens is 2. The average Bonchev–Trinajstić information content (AvgIpc) is 2.22. The average molecular weight is 289 g/mol. The van der Waals surface area contributed by atoms with E-state index in [2.05, 4.69) is 15.9 Å². The second kappa shape index (κ2) is 5.43. The zero-order valence-corrected chi connectivity index (χ0v) is 10.8. The third-order valence-corrected chi connectivity index (χ3v) is 3.57. The molecule has 0 bridgehead atoms. The van der Waals surface area contributed by atoms with Crippen LogP contribution in [0.1, 0.15) is 19.4 Å². The molecular formula is C12H14BrFO2. The minimum Gasteiger partial charge on any atom is -0.481 e. The van der Waals surface area contributed by atoms with Gasteiger partial charge in [0.05, 0.1) is 5.92 Å². The molecule has 1 N–H and O–H groups in total. The van der Waals surface area contributed by atoms with Crippen molar-refractivity contribution in [3.05, 3.63) is 34.1 Å². The summed E-state index contributed by atoms with van der Waals surface area (Å²) in [5.41, 5.74) is 0.806. The highest BCUT2D eigenvalue weighted by atomic mass is 79.9. The third-order valence-electron chi connectivity index (χ3n) is 2.79. The van der Waals surface area contributed by atoms with Crippen molar-refractivity contribution in [1.29, 1.82) is 0 Å². The number of carboxylic acid groups (broad SMARTS) is 1. The largest absolute Gasteiger partial charge is 0.481 e. The molecule has 0 radical (unpaired) electrons. The number of aliphatic carboxylic acids is 1. The van der Waals surface area contributed by atoms with E-state index in [1.807, 2.05) is 6.92 Å². The lowest BCUT2D eigenvalue weighted by atomic mass is 9.90. The lowest BCUT2D eigenvalue weighted by Crippen LogP contribution is -2.20. The monoisotopic (exact) mass is 288 g/mol. The van der Waals surface area contributed by atoms with Gasteiger partial charge in [-0.15, -0.1) is 0 Å². The predicted octanol–water partition coefficient (Wildman–Crippen LogP) is 3.49. The van der Waals surface area contributed by atoms with Crippen molar-refractivity contribution >= 4 is 21.9 Å². The summed E-state index contributed by atoms with van der Waals surface area (Å²) in [4.78, 5) is 10.8. The summed E-state index contributed by atoms with van der Waals surface area (Å²) in [6, 6.07) is 4.46. The molecule has 1 aromatic rings. The van der Waals surface area contributed by atoms with E-state index >= 15 is 0 Å². The molecule has 1 rings (SSSR count). The molecular weight excluding hydrogens is 275 g/mol. The fourth-order valence-electron chi connectivity index (χ4n) is 1.47. The van der Waals surface area contributed by atoms with Crippen LogP contribution in [0.5, 0.6) is 0 Å². The van der Waals surface area contributed by atoms with Gasteiger partial charge in [0.1, 0.15) is 5.82 Å². The first-order valence-electron chi connectivity index (χ1n) is 5.08. The lowest BCUT2D eigenvalue weighted by molar-refractivity contribution is -0.142. The molecule has 0 fully saturated rings. The molecule has 0 aromatic heterocycles. The number of rotatable bonds is 4. The Morgan fingerprint density at radius 2 is 2.12 bits per heavy atom. The number of benzene rings is 1. The molecule has 16 heavy (non-hydrogen) atoms. The van der Waals surface area contributed by atoms with Crippen molar-refractivity contribution < 1.29 is 14.3 Å². The number of carbonyl (C=O) groups is 1. The molecule has 0 saturated carbocycles. The van der Waals surface area contributed by atoms with E-state index in [9.17, 15) is 9.18 Å². The van der Waals surface area contributed by atoms with Gasteiger partial charge in [-0.2, -0.15) is 0 Å². The third kappa shape index (κ3) is 3.30. The molecule has 2 nitrogen and oxygen atoms in total. The molecule has 0 saturated heterocycles. The summed E-state index contributed by atoms with van der Waals surface area (Å²) in [7, 11) is 0. The van der Waals surface area contributed by atoms with Crippen molar-refractivity contribution in [2.45, 2.75) is 20.3 Å². The second-order valence-corrected chi connectivity index (χ2v) is 4.90. The quantitative estimate of drug-likeness (QED) is 0.921. The van der Waals surface area contributed by atoms with Crippen LogP contribution in [0.2, 0.25) is 0 Å². The molecule has 0 aliphatic rings. The van der Waals surface area contributed by atoms with Crippen LogP contribution in [0, 0.1) is 17.7 Å². The maximum absolute atomic E-state index is 13.0. The predicted molar refractivity (Wildman–Crippen MR) is 63.8 cm³/mol. The molecule has 88 valence electrons. The van der Waals surface area contributed by atoms with Gasteiger partial charge in [-0.1, -0.05) is 29.8 Å². The van der Waals surface area contributed by atoms with E-state index in [-0.39, 0.29) is 11.7 Å². The number of hydrogen-bond donors (Lipinski definition) is 1. The van der Waals surface area contributed by atoms with Crippen molar-refractivity contribution in [2.75, 3.05) is 0 Å². The van der Waals surface area contributed by atoms with Crippen LogP contribution in [0.15, 0.2) is 22.7 Å². The fourth-order valence-corrected chi connectivity index (χ4v) is 1.88. The Kier molecular flexibility index (Phi) is 4.47. The minimum atomic E-state index is -0.819. The molecule has 0 spiro atoms. The van der Waals surface area contributed by atoms with Gasteiger partial charge >= 0.3 is 5.97 Å². The fraction of sp³-hybridized carbons (Fsp3) is 0.417. The SMILES string of the molecule is CC(Cc1cc(F)ccc1Br)C(C)C(=O)O. The van der Waals surface area contributed by atoms with E-state index < -0.39 is 11.9 Å². The van der Waals surface area contributed by atoms with E-state index in [0.29, 0.717) is 6.42 Å². The van der Waals surface area contributed by atoms with E-state index in [1.54, 1.807) is 13.0 Å². The van der Waals surface area contributed by atoms with Gasteiger partial charge in [-0.25, -0.2) is 4.39 Å². The van der Waals surface area contributed by atoms with Gasteiger partial charge in [-0.05, 0) is 36.1 Å². The Balaban J connectivity index is 2.80. The maximum atomic E-state index is 13.0. The first-order chi connectivity index (χ1) is 7.41. The normalized spacial score (nSPS) is 14.5. The Labute approximate surface area is 103 Å². The second-order valence-electron chi connectivity index (χ2n) is 4.04. The molecule has 0 aliphatic carbocycles. The van der Waals surface area contributed by atoms with Gasteiger partial charge in [0.2, 0.25) is 0 Å². The Bertz CT molecular complexity index is 393. The summed E-state index contributed by atoms with van der Waals surface area (Å²) in [6.07, 6.45) is 0.547. The molecule has 2 atom stereocenters. The zero-order chi connectivity index (χ0) is 12.3. The lowest BCUT2D eigenvalue weighted by Gasteiger charge is -2.16. The molecule has 2 unspecified atom stereocenters. The summed E-state index contributed by atoms with van der Waals surface area (Å²) >= 11 is 3.33. The highest BCUT2D eigenvalue weighted by Crippen LogP contribution is 2.24. The summed E-state index contributed by atoms with van der Waals surface area (Å²) in [6.45, 7) is 3.52. The van der Waals surface area contributed by atoms with Crippen molar-refractivity contribution in [2.24, 2.45) is 11.8 Å². The van der Waals surface area contributed by atoms with Gasteiger partial charge in [0, 0.05) is 4.47 Å². The van der Waals surface area contributed by atoms with Crippen LogP contribution in [0.3, 0.4) is 0 Å². The van der Waals surface area contributed by atoms with Crippen LogP contribution < -0.4 is 0 Å². The zero-order valence-electron chi connectivity index (χ0n) is 9.21. The van der Waals surface area contributed by atoms with Crippen LogP contribution >= 0.6 is 15.9 Å². The Morgan fingerprint density at radius 1 is 1.50 bits per heavy atom. The van der Waals surface area contributed by atoms with E-state index in [1.165, 1.54) is 12.1 Å².